The summed E-state index contributed by atoms with van der Waals surface area (Å²) in [6.45, 7) is 9.30. The van der Waals surface area contributed by atoms with Crippen molar-refractivity contribution in [3.63, 3.8) is 0 Å². The minimum atomic E-state index is 1.24. The van der Waals surface area contributed by atoms with Crippen LogP contribution in [0.4, 0.5) is 0 Å². The Balaban J connectivity index is 1.01. The van der Waals surface area contributed by atoms with E-state index in [2.05, 4.69) is 255 Å². The topological polar surface area (TPSA) is 9.86 Å². The van der Waals surface area contributed by atoms with Gasteiger partial charge in [0.05, 0.1) is 22.4 Å². The van der Waals surface area contributed by atoms with Crippen LogP contribution in [0, 0.1) is 27.7 Å². The third-order valence-electron chi connectivity index (χ3n) is 17.2. The molecule has 0 aliphatic rings. The predicted octanol–water partition coefficient (Wildman–Crippen LogP) is 20.0. The van der Waals surface area contributed by atoms with Crippen LogP contribution in [0.1, 0.15) is 22.5 Å². The predicted molar refractivity (Wildman–Crippen MR) is 319 cm³/mol. The number of hydrogen-bond acceptors (Lipinski definition) is 0. The number of fused-ring (bicyclic) bond motifs is 10. The normalized spacial score (nSPS) is 12.3. The van der Waals surface area contributed by atoms with Gasteiger partial charge >= 0.3 is 0 Å². The molecule has 2 aromatic heterocycles. The van der Waals surface area contributed by atoms with Gasteiger partial charge in [-0.3, -0.25) is 0 Å². The van der Waals surface area contributed by atoms with Crippen molar-refractivity contribution in [2.24, 2.45) is 0 Å². The summed E-state index contributed by atoms with van der Waals surface area (Å²) in [5, 5.41) is 25.4. The standard InChI is InChI=1S/C72H48N2/c1-41-43(3)73(69-57-29-13-9-25-53(57)67(54-26-10-14-30-58(54)69)51-33-17-21-45-19-5-7-23-49(45)51)71-61-37-36-48-40-64-42(2)44(4)74(72(64)62-38-35-47(39-63(41)71)65(61)66(48)62)70-59-31-15-11-27-55(59)68(56-28-12-16-32-60(56)70)52-34-18-22-46-20-6-8-24-50(46)52/h5-40H,1-4H3. The lowest BCUT2D eigenvalue weighted by Gasteiger charge is -2.22. The quantitative estimate of drug-likeness (QED) is 0.123. The van der Waals surface area contributed by atoms with Crippen molar-refractivity contribution < 1.29 is 0 Å². The van der Waals surface area contributed by atoms with Crippen molar-refractivity contribution in [2.75, 3.05) is 0 Å². The molecule has 0 fully saturated rings. The molecule has 346 valence electrons. The third-order valence-corrected chi connectivity index (χ3v) is 17.2. The van der Waals surface area contributed by atoms with Crippen LogP contribution in [-0.4, -0.2) is 9.13 Å². The van der Waals surface area contributed by atoms with Crippen LogP contribution >= 0.6 is 0 Å². The van der Waals surface area contributed by atoms with Gasteiger partial charge in [0.15, 0.2) is 0 Å². The van der Waals surface area contributed by atoms with E-state index in [0.29, 0.717) is 0 Å². The summed E-state index contributed by atoms with van der Waals surface area (Å²) >= 11 is 0. The van der Waals surface area contributed by atoms with E-state index in [4.69, 9.17) is 0 Å². The van der Waals surface area contributed by atoms with Crippen LogP contribution in [0.3, 0.4) is 0 Å². The molecule has 0 aliphatic heterocycles. The SMILES string of the molecule is Cc1c(C)n(-c2c3ccccc3c(-c3cccc4ccccc34)c3ccccc23)c2c1cc1ccc3c4c(ccc2c14)cc1c(C)c(C)n(-c2c4ccccc4c(-c4cccc5ccccc45)c4ccccc24)c13. The Kier molecular flexibility index (Phi) is 8.47. The fraction of sp³-hybridized carbons (Fsp3) is 0.0556. The van der Waals surface area contributed by atoms with E-state index in [-0.39, 0.29) is 0 Å². The first-order valence-electron chi connectivity index (χ1n) is 26.0. The molecule has 14 aromatic carbocycles. The second-order valence-electron chi connectivity index (χ2n) is 20.7. The zero-order valence-electron chi connectivity index (χ0n) is 41.7. The monoisotopic (exact) mass is 940 g/mol. The first-order chi connectivity index (χ1) is 36.4. The Hall–Kier alpha value is -9.24. The number of hydrogen-bond donors (Lipinski definition) is 0. The molecule has 0 saturated heterocycles. The summed E-state index contributed by atoms with van der Waals surface area (Å²) in [5.74, 6) is 0. The zero-order chi connectivity index (χ0) is 49.1. The smallest absolute Gasteiger partial charge is 0.0616 e. The first kappa shape index (κ1) is 41.4. The van der Waals surface area contributed by atoms with Gasteiger partial charge in [-0.25, -0.2) is 0 Å². The molecule has 74 heavy (non-hydrogen) atoms. The van der Waals surface area contributed by atoms with Crippen LogP contribution < -0.4 is 0 Å². The molecular weight excluding hydrogens is 893 g/mol. The zero-order valence-corrected chi connectivity index (χ0v) is 41.7. The van der Waals surface area contributed by atoms with E-state index < -0.39 is 0 Å². The maximum Gasteiger partial charge on any atom is 0.0616 e. The number of aromatic nitrogens is 2. The van der Waals surface area contributed by atoms with E-state index in [1.54, 1.807) is 0 Å². The third kappa shape index (κ3) is 5.39. The van der Waals surface area contributed by atoms with Crippen LogP contribution in [0.2, 0.25) is 0 Å². The van der Waals surface area contributed by atoms with Crippen molar-refractivity contribution in [3.05, 3.63) is 241 Å². The molecule has 2 heterocycles. The van der Waals surface area contributed by atoms with Gasteiger partial charge in [0.25, 0.3) is 0 Å². The molecule has 0 spiro atoms. The number of rotatable bonds is 4. The van der Waals surface area contributed by atoms with Gasteiger partial charge in [-0.2, -0.15) is 0 Å². The molecule has 0 radical (unpaired) electrons. The highest BCUT2D eigenvalue weighted by atomic mass is 15.0. The lowest BCUT2D eigenvalue weighted by Crippen LogP contribution is -2.02. The number of nitrogens with zero attached hydrogens (tertiary/aromatic N) is 2. The minimum absolute atomic E-state index is 1.24. The van der Waals surface area contributed by atoms with Crippen LogP contribution in [0.5, 0.6) is 0 Å². The molecule has 0 atom stereocenters. The van der Waals surface area contributed by atoms with Gasteiger partial charge in [0.1, 0.15) is 0 Å². The molecule has 0 N–H and O–H groups in total. The lowest BCUT2D eigenvalue weighted by molar-refractivity contribution is 1.06. The Morgan fingerprint density at radius 2 is 0.554 bits per heavy atom. The van der Waals surface area contributed by atoms with Crippen LogP contribution in [0.25, 0.3) is 152 Å². The van der Waals surface area contributed by atoms with Crippen LogP contribution in [0.15, 0.2) is 218 Å². The summed E-state index contributed by atoms with van der Waals surface area (Å²) in [6.07, 6.45) is 0. The number of benzene rings is 14. The Morgan fingerprint density at radius 3 is 0.919 bits per heavy atom. The van der Waals surface area contributed by atoms with Crippen molar-refractivity contribution in [1.82, 2.24) is 9.13 Å². The fourth-order valence-electron chi connectivity index (χ4n) is 13.8. The van der Waals surface area contributed by atoms with Gasteiger partial charge in [-0.05, 0) is 138 Å². The van der Waals surface area contributed by atoms with E-state index in [1.165, 1.54) is 175 Å². The lowest BCUT2D eigenvalue weighted by atomic mass is 9.88. The summed E-state index contributed by atoms with van der Waals surface area (Å²) < 4.78 is 5.24. The van der Waals surface area contributed by atoms with E-state index in [0.717, 1.165) is 0 Å². The summed E-state index contributed by atoms with van der Waals surface area (Å²) in [4.78, 5) is 0. The highest BCUT2D eigenvalue weighted by Crippen LogP contribution is 2.51. The van der Waals surface area contributed by atoms with Crippen molar-refractivity contribution >= 4 is 119 Å². The molecule has 16 aromatic rings. The second-order valence-corrected chi connectivity index (χ2v) is 20.7. The molecule has 2 heteroatoms. The maximum absolute atomic E-state index is 2.62. The van der Waals surface area contributed by atoms with E-state index in [1.807, 2.05) is 0 Å². The van der Waals surface area contributed by atoms with Gasteiger partial charge in [0.2, 0.25) is 0 Å². The minimum Gasteiger partial charge on any atom is -0.312 e. The molecule has 0 bridgehead atoms. The molecule has 0 amide bonds. The summed E-state index contributed by atoms with van der Waals surface area (Å²) in [5.41, 5.74) is 15.2. The summed E-state index contributed by atoms with van der Waals surface area (Å²) in [7, 11) is 0. The molecule has 0 unspecified atom stereocenters. The second kappa shape index (κ2) is 15.1. The maximum atomic E-state index is 2.62. The van der Waals surface area contributed by atoms with E-state index in [9.17, 15) is 0 Å². The molecule has 16 rings (SSSR count). The molecule has 0 aliphatic carbocycles. The highest BCUT2D eigenvalue weighted by Gasteiger charge is 2.27. The van der Waals surface area contributed by atoms with E-state index >= 15 is 0 Å². The Labute approximate surface area is 427 Å². The van der Waals surface area contributed by atoms with Crippen molar-refractivity contribution in [1.29, 1.82) is 0 Å². The van der Waals surface area contributed by atoms with Crippen molar-refractivity contribution in [2.45, 2.75) is 27.7 Å². The Bertz CT molecular complexity index is 4670. The highest BCUT2D eigenvalue weighted by molar-refractivity contribution is 6.34. The van der Waals surface area contributed by atoms with Gasteiger partial charge in [0, 0.05) is 54.5 Å². The Morgan fingerprint density at radius 1 is 0.243 bits per heavy atom. The molecule has 2 nitrogen and oxygen atoms in total. The van der Waals surface area contributed by atoms with Gasteiger partial charge < -0.3 is 9.13 Å². The average Bonchev–Trinajstić information content (AvgIpc) is 3.85. The van der Waals surface area contributed by atoms with Gasteiger partial charge in [-0.1, -0.05) is 206 Å². The largest absolute Gasteiger partial charge is 0.312 e. The van der Waals surface area contributed by atoms with Crippen molar-refractivity contribution in [3.8, 4) is 33.6 Å². The van der Waals surface area contributed by atoms with Crippen LogP contribution in [-0.2, 0) is 0 Å². The summed E-state index contributed by atoms with van der Waals surface area (Å²) in [6, 6.07) is 82.2. The molecule has 0 saturated carbocycles. The average molecular weight is 941 g/mol. The van der Waals surface area contributed by atoms with Gasteiger partial charge in [-0.15, -0.1) is 0 Å². The first-order valence-corrected chi connectivity index (χ1v) is 26.0. The fourth-order valence-corrected chi connectivity index (χ4v) is 13.8. The molecular formula is C72H48N2. The number of aryl methyl sites for hydroxylation is 2.